The highest BCUT2D eigenvalue weighted by atomic mass is 16.5. The molecule has 2 heterocycles. The Bertz CT molecular complexity index is 1150. The Morgan fingerprint density at radius 2 is 1.77 bits per heavy atom. The summed E-state index contributed by atoms with van der Waals surface area (Å²) in [6.45, 7) is 7.05. The van der Waals surface area contributed by atoms with Gasteiger partial charge in [-0.1, -0.05) is 19.9 Å². The Labute approximate surface area is 206 Å². The molecule has 0 aliphatic carbocycles. The van der Waals surface area contributed by atoms with Crippen LogP contribution < -0.4 is 9.47 Å². The Balaban J connectivity index is 1.55. The van der Waals surface area contributed by atoms with Crippen LogP contribution in [0.25, 0.3) is 0 Å². The Morgan fingerprint density at radius 1 is 1.09 bits per heavy atom. The molecule has 1 atom stereocenters. The molecule has 8 nitrogen and oxygen atoms in total. The fourth-order valence-corrected chi connectivity index (χ4v) is 5.08. The topological polar surface area (TPSA) is 91.7 Å². The lowest BCUT2D eigenvalue weighted by Gasteiger charge is -2.39. The van der Waals surface area contributed by atoms with Crippen LogP contribution in [0.5, 0.6) is 17.2 Å². The monoisotopic (exact) mass is 479 g/mol. The summed E-state index contributed by atoms with van der Waals surface area (Å²) in [5.74, 6) is 1.24. The van der Waals surface area contributed by atoms with E-state index in [2.05, 4.69) is 0 Å². The summed E-state index contributed by atoms with van der Waals surface area (Å²) in [5.41, 5.74) is 2.55. The number of likely N-dealkylation sites (tertiary alicyclic amines) is 1. The van der Waals surface area contributed by atoms with Gasteiger partial charge >= 0.3 is 0 Å². The SMILES string of the molecule is COc1ccc(C2=NN(C3CCN(C(=O)c4cc(O)ccc4C)CC3)C(C=O)C2(C)C)cc1OC. The molecule has 0 saturated carbocycles. The van der Waals surface area contributed by atoms with Crippen molar-refractivity contribution in [2.24, 2.45) is 10.5 Å². The molecule has 0 radical (unpaired) electrons. The molecule has 1 N–H and O–H groups in total. The lowest BCUT2D eigenvalue weighted by Crippen LogP contribution is -2.50. The Hall–Kier alpha value is -3.55. The number of benzene rings is 2. The molecule has 2 aromatic rings. The molecule has 1 saturated heterocycles. The summed E-state index contributed by atoms with van der Waals surface area (Å²) in [5, 5.41) is 16.7. The van der Waals surface area contributed by atoms with Crippen molar-refractivity contribution in [1.82, 2.24) is 9.91 Å². The molecular formula is C27H33N3O5. The fourth-order valence-electron chi connectivity index (χ4n) is 5.08. The van der Waals surface area contributed by atoms with Crippen LogP contribution >= 0.6 is 0 Å². The van der Waals surface area contributed by atoms with Crippen LogP contribution in [0.4, 0.5) is 0 Å². The van der Waals surface area contributed by atoms with Crippen molar-refractivity contribution in [2.45, 2.75) is 45.7 Å². The molecule has 186 valence electrons. The minimum atomic E-state index is -0.507. The van der Waals surface area contributed by atoms with Crippen LogP contribution in [0.1, 0.15) is 48.2 Å². The quantitative estimate of drug-likeness (QED) is 0.636. The van der Waals surface area contributed by atoms with Crippen LogP contribution in [-0.4, -0.2) is 72.3 Å². The maximum absolute atomic E-state index is 13.1. The summed E-state index contributed by atoms with van der Waals surface area (Å²) in [4.78, 5) is 27.1. The summed E-state index contributed by atoms with van der Waals surface area (Å²) in [7, 11) is 3.19. The number of piperidine rings is 1. The molecule has 4 rings (SSSR count). The summed E-state index contributed by atoms with van der Waals surface area (Å²) in [6, 6.07) is 10.2. The first-order chi connectivity index (χ1) is 16.7. The minimum absolute atomic E-state index is 0.0384. The van der Waals surface area contributed by atoms with Gasteiger partial charge in [0.1, 0.15) is 18.1 Å². The van der Waals surface area contributed by atoms with Gasteiger partial charge < -0.3 is 24.3 Å². The number of carbonyl (C=O) groups excluding carboxylic acids is 2. The van der Waals surface area contributed by atoms with Crippen molar-refractivity contribution >= 4 is 17.9 Å². The second kappa shape index (κ2) is 9.60. The molecule has 2 aliphatic heterocycles. The number of phenolic OH excluding ortho intramolecular Hbond substituents is 1. The van der Waals surface area contributed by atoms with Crippen molar-refractivity contribution in [3.05, 3.63) is 53.1 Å². The Morgan fingerprint density at radius 3 is 2.40 bits per heavy atom. The van der Waals surface area contributed by atoms with Gasteiger partial charge in [0, 0.05) is 29.6 Å². The van der Waals surface area contributed by atoms with E-state index in [0.717, 1.165) is 23.1 Å². The zero-order valence-electron chi connectivity index (χ0n) is 20.9. The van der Waals surface area contributed by atoms with E-state index in [4.69, 9.17) is 14.6 Å². The van der Waals surface area contributed by atoms with Gasteiger partial charge in [-0.15, -0.1) is 0 Å². The van der Waals surface area contributed by atoms with Crippen LogP contribution in [0, 0.1) is 12.3 Å². The number of aryl methyl sites for hydroxylation is 1. The molecule has 0 bridgehead atoms. The van der Waals surface area contributed by atoms with Gasteiger partial charge in [-0.3, -0.25) is 9.80 Å². The maximum Gasteiger partial charge on any atom is 0.254 e. The molecular weight excluding hydrogens is 446 g/mol. The number of phenols is 1. The van der Waals surface area contributed by atoms with Crippen molar-refractivity contribution in [2.75, 3.05) is 27.3 Å². The second-order valence-corrected chi connectivity index (χ2v) is 9.72. The Kier molecular flexibility index (Phi) is 6.74. The highest BCUT2D eigenvalue weighted by Gasteiger charge is 2.47. The number of amides is 1. The molecule has 1 amide bonds. The second-order valence-electron chi connectivity index (χ2n) is 9.72. The van der Waals surface area contributed by atoms with Crippen LogP contribution in [0.2, 0.25) is 0 Å². The molecule has 1 fully saturated rings. The van der Waals surface area contributed by atoms with Crippen molar-refractivity contribution in [3.8, 4) is 17.2 Å². The normalized spacial score (nSPS) is 19.9. The molecule has 2 aliphatic rings. The number of aromatic hydroxyl groups is 1. The van der Waals surface area contributed by atoms with Crippen molar-refractivity contribution < 1.29 is 24.2 Å². The first kappa shape index (κ1) is 24.6. The lowest BCUT2D eigenvalue weighted by molar-refractivity contribution is -0.115. The molecule has 8 heteroatoms. The third-order valence-electron chi connectivity index (χ3n) is 7.21. The van der Waals surface area contributed by atoms with E-state index in [1.54, 1.807) is 26.4 Å². The average Bonchev–Trinajstić information content (AvgIpc) is 3.14. The number of carbonyl (C=O) groups is 2. The van der Waals surface area contributed by atoms with E-state index in [9.17, 15) is 14.7 Å². The van der Waals surface area contributed by atoms with Gasteiger partial charge in [-0.25, -0.2) is 0 Å². The van der Waals surface area contributed by atoms with Gasteiger partial charge in [0.05, 0.1) is 26.0 Å². The maximum atomic E-state index is 13.1. The first-order valence-corrected chi connectivity index (χ1v) is 11.8. The molecule has 1 unspecified atom stereocenters. The van der Waals surface area contributed by atoms with Gasteiger partial charge in [0.25, 0.3) is 5.91 Å². The predicted octanol–water partition coefficient (Wildman–Crippen LogP) is 3.64. The van der Waals surface area contributed by atoms with Gasteiger partial charge in [-0.2, -0.15) is 5.10 Å². The smallest absolute Gasteiger partial charge is 0.254 e. The number of hydrogen-bond acceptors (Lipinski definition) is 7. The number of aldehydes is 1. The minimum Gasteiger partial charge on any atom is -0.508 e. The van der Waals surface area contributed by atoms with Crippen LogP contribution in [0.3, 0.4) is 0 Å². The summed E-state index contributed by atoms with van der Waals surface area (Å²) >= 11 is 0. The fraction of sp³-hybridized carbons (Fsp3) is 0.444. The van der Waals surface area contributed by atoms with E-state index < -0.39 is 11.5 Å². The van der Waals surface area contributed by atoms with E-state index in [1.165, 1.54) is 6.07 Å². The molecule has 2 aromatic carbocycles. The number of hydrazone groups is 1. The van der Waals surface area contributed by atoms with E-state index in [1.807, 2.05) is 48.9 Å². The van der Waals surface area contributed by atoms with Crippen molar-refractivity contribution in [3.63, 3.8) is 0 Å². The highest BCUT2D eigenvalue weighted by molar-refractivity contribution is 6.07. The zero-order valence-corrected chi connectivity index (χ0v) is 20.9. The number of nitrogens with zero attached hydrogens (tertiary/aromatic N) is 3. The van der Waals surface area contributed by atoms with Gasteiger partial charge in [-0.05, 0) is 55.7 Å². The molecule has 0 aromatic heterocycles. The van der Waals surface area contributed by atoms with Crippen molar-refractivity contribution in [1.29, 1.82) is 0 Å². The largest absolute Gasteiger partial charge is 0.508 e. The van der Waals surface area contributed by atoms with Crippen LogP contribution in [-0.2, 0) is 4.79 Å². The summed E-state index contributed by atoms with van der Waals surface area (Å²) in [6.07, 6.45) is 2.38. The van der Waals surface area contributed by atoms with Crippen LogP contribution in [0.15, 0.2) is 41.5 Å². The van der Waals surface area contributed by atoms with Gasteiger partial charge in [0.15, 0.2) is 11.5 Å². The third kappa shape index (κ3) is 4.45. The zero-order chi connectivity index (χ0) is 25.3. The molecule has 35 heavy (non-hydrogen) atoms. The van der Waals surface area contributed by atoms with E-state index in [0.29, 0.717) is 43.0 Å². The lowest BCUT2D eigenvalue weighted by atomic mass is 9.78. The average molecular weight is 480 g/mol. The number of methoxy groups -OCH3 is 2. The number of rotatable bonds is 6. The number of hydrogen-bond donors (Lipinski definition) is 1. The predicted molar refractivity (Wildman–Crippen MR) is 133 cm³/mol. The third-order valence-corrected chi connectivity index (χ3v) is 7.21. The summed E-state index contributed by atoms with van der Waals surface area (Å²) < 4.78 is 10.8. The highest BCUT2D eigenvalue weighted by Crippen LogP contribution is 2.40. The van der Waals surface area contributed by atoms with E-state index >= 15 is 0 Å². The standard InChI is InChI=1S/C27H33N3O5/c1-17-6-8-20(32)15-21(17)26(33)29-12-10-19(11-13-29)30-24(16-31)27(2,3)25(28-30)18-7-9-22(34-4)23(14-18)35-5/h6-9,14-16,19,24,32H,10-13H2,1-5H3. The first-order valence-electron chi connectivity index (χ1n) is 11.8. The van der Waals surface area contributed by atoms with E-state index in [-0.39, 0.29) is 17.7 Å². The molecule has 0 spiro atoms. The number of ether oxygens (including phenoxy) is 2. The van der Waals surface area contributed by atoms with Gasteiger partial charge in [0.2, 0.25) is 0 Å².